The van der Waals surface area contributed by atoms with E-state index in [-0.39, 0.29) is 5.75 Å². The second-order valence-corrected chi connectivity index (χ2v) is 7.69. The van der Waals surface area contributed by atoms with Gasteiger partial charge in [0.1, 0.15) is 5.75 Å². The van der Waals surface area contributed by atoms with Crippen LogP contribution in [0.1, 0.15) is 18.4 Å². The molecular weight excluding hydrogens is 336 g/mol. The highest BCUT2D eigenvalue weighted by molar-refractivity contribution is 6.31. The first-order valence-corrected chi connectivity index (χ1v) is 9.19. The molecule has 3 heterocycles. The number of aromatic nitrogens is 2. The van der Waals surface area contributed by atoms with Crippen molar-refractivity contribution >= 4 is 17.4 Å². The van der Waals surface area contributed by atoms with Crippen molar-refractivity contribution in [3.8, 4) is 17.0 Å². The van der Waals surface area contributed by atoms with Crippen LogP contribution in [0.4, 0.5) is 5.82 Å². The quantitative estimate of drug-likeness (QED) is 0.892. The van der Waals surface area contributed by atoms with E-state index in [9.17, 15) is 5.11 Å². The topological polar surface area (TPSA) is 52.5 Å². The minimum atomic E-state index is 0.141. The van der Waals surface area contributed by atoms with Crippen molar-refractivity contribution in [2.75, 3.05) is 31.6 Å². The van der Waals surface area contributed by atoms with Gasteiger partial charge in [-0.2, -0.15) is 0 Å². The van der Waals surface area contributed by atoms with Crippen LogP contribution in [0, 0.1) is 12.8 Å². The number of hydrogen-bond acceptors (Lipinski definition) is 5. The average Bonchev–Trinajstić information content (AvgIpc) is 2.97. The molecule has 1 aromatic heterocycles. The van der Waals surface area contributed by atoms with E-state index in [0.717, 1.165) is 30.4 Å². The molecule has 0 saturated carbocycles. The van der Waals surface area contributed by atoms with Gasteiger partial charge < -0.3 is 14.9 Å². The largest absolute Gasteiger partial charge is 0.507 e. The van der Waals surface area contributed by atoms with E-state index in [4.69, 9.17) is 11.6 Å². The van der Waals surface area contributed by atoms with Crippen LogP contribution in [0.5, 0.6) is 5.75 Å². The molecule has 0 spiro atoms. The number of phenolic OH excluding ortho intramolecular Hbond substituents is 1. The molecule has 6 heteroatoms. The lowest BCUT2D eigenvalue weighted by atomic mass is 9.92. The van der Waals surface area contributed by atoms with Gasteiger partial charge in [0, 0.05) is 29.7 Å². The van der Waals surface area contributed by atoms with E-state index in [2.05, 4.69) is 27.0 Å². The van der Waals surface area contributed by atoms with Crippen LogP contribution in [-0.4, -0.2) is 52.9 Å². The number of phenols is 1. The number of nitrogens with zero attached hydrogens (tertiary/aromatic N) is 4. The van der Waals surface area contributed by atoms with Crippen LogP contribution in [0.3, 0.4) is 0 Å². The number of halogens is 1. The summed E-state index contributed by atoms with van der Waals surface area (Å²) in [6, 6.07) is 7.87. The van der Waals surface area contributed by atoms with Gasteiger partial charge in [-0.05, 0) is 69.1 Å². The fourth-order valence-corrected chi connectivity index (χ4v) is 4.52. The van der Waals surface area contributed by atoms with E-state index < -0.39 is 0 Å². The lowest BCUT2D eigenvalue weighted by Crippen LogP contribution is -2.47. The molecule has 2 atom stereocenters. The summed E-state index contributed by atoms with van der Waals surface area (Å²) in [7, 11) is 2.19. The van der Waals surface area contributed by atoms with Crippen molar-refractivity contribution < 1.29 is 5.11 Å². The maximum atomic E-state index is 10.2. The van der Waals surface area contributed by atoms with Crippen molar-refractivity contribution in [3.63, 3.8) is 0 Å². The van der Waals surface area contributed by atoms with E-state index >= 15 is 0 Å². The van der Waals surface area contributed by atoms with Crippen LogP contribution in [-0.2, 0) is 0 Å². The number of rotatable bonds is 2. The van der Waals surface area contributed by atoms with Gasteiger partial charge in [-0.25, -0.2) is 0 Å². The molecule has 2 aliphatic rings. The summed E-state index contributed by atoms with van der Waals surface area (Å²) in [6.07, 6.45) is 2.50. The summed E-state index contributed by atoms with van der Waals surface area (Å²) < 4.78 is 0. The summed E-state index contributed by atoms with van der Waals surface area (Å²) >= 11 is 5.99. The van der Waals surface area contributed by atoms with Gasteiger partial charge in [-0.15, -0.1) is 10.2 Å². The second-order valence-electron chi connectivity index (χ2n) is 7.25. The zero-order chi connectivity index (χ0) is 17.6. The first kappa shape index (κ1) is 16.6. The van der Waals surface area contributed by atoms with Crippen molar-refractivity contribution in [1.82, 2.24) is 15.1 Å². The van der Waals surface area contributed by atoms with Crippen LogP contribution in [0.2, 0.25) is 5.02 Å². The lowest BCUT2D eigenvalue weighted by molar-refractivity contribution is 0.207. The number of fused-ring (bicyclic) bond motifs is 1. The third kappa shape index (κ3) is 3.07. The monoisotopic (exact) mass is 358 g/mol. The Morgan fingerprint density at radius 1 is 1.16 bits per heavy atom. The molecule has 0 aliphatic carbocycles. The van der Waals surface area contributed by atoms with Crippen LogP contribution < -0.4 is 4.90 Å². The summed E-state index contributed by atoms with van der Waals surface area (Å²) in [4.78, 5) is 4.79. The number of anilines is 1. The zero-order valence-corrected chi connectivity index (χ0v) is 15.4. The molecule has 2 aromatic rings. The minimum absolute atomic E-state index is 0.141. The standard InChI is InChI=1S/C19H23ClN4O/c1-12-9-14(20)10-17(25)19(12)15-3-4-18(22-21-15)24-8-6-13-5-7-23(2)11-16(13)24/h3-4,9-10,13,16,25H,5-8,11H2,1-2H3/t13-,16-/m1/s1. The Labute approximate surface area is 153 Å². The molecule has 0 unspecified atom stereocenters. The molecule has 4 rings (SSSR count). The van der Waals surface area contributed by atoms with Crippen LogP contribution in [0.15, 0.2) is 24.3 Å². The number of piperidine rings is 1. The zero-order valence-electron chi connectivity index (χ0n) is 14.6. The molecule has 5 nitrogen and oxygen atoms in total. The molecule has 2 fully saturated rings. The maximum absolute atomic E-state index is 10.2. The molecule has 0 radical (unpaired) electrons. The summed E-state index contributed by atoms with van der Waals surface area (Å²) in [5, 5.41) is 19.6. The van der Waals surface area contributed by atoms with Gasteiger partial charge >= 0.3 is 0 Å². The summed E-state index contributed by atoms with van der Waals surface area (Å²) in [5.41, 5.74) is 2.26. The molecule has 2 saturated heterocycles. The number of likely N-dealkylation sites (tertiary alicyclic amines) is 1. The average molecular weight is 359 g/mol. The Kier molecular flexibility index (Phi) is 4.29. The van der Waals surface area contributed by atoms with Gasteiger partial charge in [0.15, 0.2) is 5.82 Å². The molecule has 0 bridgehead atoms. The van der Waals surface area contributed by atoms with Crippen molar-refractivity contribution in [3.05, 3.63) is 34.9 Å². The number of aryl methyl sites for hydroxylation is 1. The van der Waals surface area contributed by atoms with Crippen molar-refractivity contribution in [1.29, 1.82) is 0 Å². The molecule has 0 amide bonds. The van der Waals surface area contributed by atoms with E-state index in [1.165, 1.54) is 19.4 Å². The number of likely N-dealkylation sites (N-methyl/N-ethyl adjacent to an activating group) is 1. The molecule has 1 N–H and O–H groups in total. The van der Waals surface area contributed by atoms with Crippen molar-refractivity contribution in [2.45, 2.75) is 25.8 Å². The third-order valence-corrected chi connectivity index (χ3v) is 5.76. The number of benzene rings is 1. The highest BCUT2D eigenvalue weighted by Gasteiger charge is 2.38. The predicted molar refractivity (Wildman–Crippen MR) is 100 cm³/mol. The van der Waals surface area contributed by atoms with Gasteiger partial charge in [-0.3, -0.25) is 0 Å². The second kappa shape index (κ2) is 6.46. The minimum Gasteiger partial charge on any atom is -0.507 e. The smallest absolute Gasteiger partial charge is 0.151 e. The van der Waals surface area contributed by atoms with E-state index in [0.29, 0.717) is 22.3 Å². The van der Waals surface area contributed by atoms with Gasteiger partial charge in [0.2, 0.25) is 0 Å². The fraction of sp³-hybridized carbons (Fsp3) is 0.474. The Morgan fingerprint density at radius 3 is 2.68 bits per heavy atom. The fourth-order valence-electron chi connectivity index (χ4n) is 4.25. The maximum Gasteiger partial charge on any atom is 0.151 e. The highest BCUT2D eigenvalue weighted by atomic mass is 35.5. The lowest BCUT2D eigenvalue weighted by Gasteiger charge is -2.36. The van der Waals surface area contributed by atoms with Crippen LogP contribution in [0.25, 0.3) is 11.3 Å². The van der Waals surface area contributed by atoms with E-state index in [1.807, 2.05) is 25.1 Å². The normalized spacial score (nSPS) is 23.7. The van der Waals surface area contributed by atoms with Gasteiger partial charge in [-0.1, -0.05) is 11.6 Å². The molecular formula is C19H23ClN4O. The Morgan fingerprint density at radius 2 is 1.96 bits per heavy atom. The third-order valence-electron chi connectivity index (χ3n) is 5.55. The number of aromatic hydroxyl groups is 1. The first-order valence-electron chi connectivity index (χ1n) is 8.81. The summed E-state index contributed by atoms with van der Waals surface area (Å²) in [5.74, 6) is 1.83. The molecule has 132 valence electrons. The van der Waals surface area contributed by atoms with Gasteiger partial charge in [0.05, 0.1) is 5.69 Å². The predicted octanol–water partition coefficient (Wildman–Crippen LogP) is 3.34. The number of hydrogen-bond donors (Lipinski definition) is 1. The summed E-state index contributed by atoms with van der Waals surface area (Å²) in [6.45, 7) is 5.24. The van der Waals surface area contributed by atoms with Crippen LogP contribution >= 0.6 is 11.6 Å². The van der Waals surface area contributed by atoms with E-state index in [1.54, 1.807) is 6.07 Å². The molecule has 1 aromatic carbocycles. The molecule has 2 aliphatic heterocycles. The molecule has 25 heavy (non-hydrogen) atoms. The Hall–Kier alpha value is -1.85. The van der Waals surface area contributed by atoms with Crippen molar-refractivity contribution in [2.24, 2.45) is 5.92 Å². The first-order chi connectivity index (χ1) is 12.0. The Bertz CT molecular complexity index is 756. The Balaban J connectivity index is 1.61. The SMILES string of the molecule is Cc1cc(Cl)cc(O)c1-c1ccc(N2CC[C@H]3CCN(C)C[C@H]32)nn1. The van der Waals surface area contributed by atoms with Gasteiger partial charge in [0.25, 0.3) is 0 Å². The highest BCUT2D eigenvalue weighted by Crippen LogP contribution is 2.36.